The number of nitrogens with zero attached hydrogens (tertiary/aromatic N) is 1. The molecule has 1 nitrogen and oxygen atoms in total. The molecule has 162 valence electrons. The van der Waals surface area contributed by atoms with Crippen molar-refractivity contribution in [1.82, 2.24) is 4.90 Å². The topological polar surface area (TPSA) is 3.24 Å². The Balaban J connectivity index is 0.00000729. The summed E-state index contributed by atoms with van der Waals surface area (Å²) in [6.45, 7) is 8.37. The maximum absolute atomic E-state index is 3.81. The second kappa shape index (κ2) is 19.5. The lowest BCUT2D eigenvalue weighted by molar-refractivity contribution is 0.316. The standard InChI is InChI=1S/C26H45N.ClH/c1-4-6-7-8-9-10-11-12-13-14-15-16-17-18-23-27(3)24-26-21-19-25(5-2)20-22-26;/h5,19-22H,2,4,6-18,23-24H2,1,3H3;1H. The molecule has 1 aromatic rings. The summed E-state index contributed by atoms with van der Waals surface area (Å²) in [5.41, 5.74) is 2.60. The van der Waals surface area contributed by atoms with Crippen molar-refractivity contribution >= 4 is 18.5 Å². The van der Waals surface area contributed by atoms with Gasteiger partial charge in [0.15, 0.2) is 0 Å². The molecule has 0 atom stereocenters. The number of hydrogen-bond acceptors (Lipinski definition) is 1. The van der Waals surface area contributed by atoms with Gasteiger partial charge in [0.2, 0.25) is 0 Å². The van der Waals surface area contributed by atoms with Gasteiger partial charge in [-0.2, -0.15) is 0 Å². The van der Waals surface area contributed by atoms with E-state index in [2.05, 4.69) is 49.7 Å². The lowest BCUT2D eigenvalue weighted by Gasteiger charge is -2.16. The lowest BCUT2D eigenvalue weighted by atomic mass is 10.0. The molecule has 0 aliphatic heterocycles. The molecule has 0 unspecified atom stereocenters. The van der Waals surface area contributed by atoms with Crippen molar-refractivity contribution in [3.05, 3.63) is 42.0 Å². The third-order valence-corrected chi connectivity index (χ3v) is 5.56. The fourth-order valence-corrected chi connectivity index (χ4v) is 3.73. The van der Waals surface area contributed by atoms with Gasteiger partial charge in [0.25, 0.3) is 0 Å². The summed E-state index contributed by atoms with van der Waals surface area (Å²) in [6, 6.07) is 8.75. The SMILES string of the molecule is C=Cc1ccc(CN(C)CCCCCCCCCCCCCCCC)cc1.Cl. The predicted octanol–water partition coefficient (Wildman–Crippen LogP) is 8.66. The van der Waals surface area contributed by atoms with E-state index in [1.54, 1.807) is 0 Å². The summed E-state index contributed by atoms with van der Waals surface area (Å²) >= 11 is 0. The van der Waals surface area contributed by atoms with Crippen LogP contribution in [0.3, 0.4) is 0 Å². The van der Waals surface area contributed by atoms with E-state index in [4.69, 9.17) is 0 Å². The molecule has 0 aromatic heterocycles. The van der Waals surface area contributed by atoms with Crippen molar-refractivity contribution in [2.75, 3.05) is 13.6 Å². The largest absolute Gasteiger partial charge is 0.302 e. The van der Waals surface area contributed by atoms with Gasteiger partial charge in [-0.25, -0.2) is 0 Å². The molecule has 0 bridgehead atoms. The van der Waals surface area contributed by atoms with Crippen molar-refractivity contribution in [2.45, 2.75) is 103 Å². The average Bonchev–Trinajstić information content (AvgIpc) is 2.69. The first-order valence-corrected chi connectivity index (χ1v) is 11.7. The van der Waals surface area contributed by atoms with E-state index < -0.39 is 0 Å². The zero-order valence-electron chi connectivity index (χ0n) is 18.8. The highest BCUT2D eigenvalue weighted by atomic mass is 35.5. The molecule has 1 aromatic carbocycles. The van der Waals surface area contributed by atoms with Crippen LogP contribution in [-0.4, -0.2) is 18.5 Å². The molecule has 0 N–H and O–H groups in total. The van der Waals surface area contributed by atoms with Crippen molar-refractivity contribution in [1.29, 1.82) is 0 Å². The first-order valence-electron chi connectivity index (χ1n) is 11.7. The molecule has 0 aliphatic rings. The third-order valence-electron chi connectivity index (χ3n) is 5.56. The highest BCUT2D eigenvalue weighted by Gasteiger charge is 2.00. The molecule has 0 saturated heterocycles. The minimum atomic E-state index is 0. The molecule has 2 heteroatoms. The number of rotatable bonds is 18. The molecule has 28 heavy (non-hydrogen) atoms. The maximum atomic E-state index is 3.81. The van der Waals surface area contributed by atoms with E-state index in [9.17, 15) is 0 Å². The molecule has 0 aliphatic carbocycles. The molecule has 0 radical (unpaired) electrons. The van der Waals surface area contributed by atoms with Gasteiger partial charge in [-0.1, -0.05) is 127 Å². The fourth-order valence-electron chi connectivity index (χ4n) is 3.73. The maximum Gasteiger partial charge on any atom is 0.0230 e. The Morgan fingerprint density at radius 3 is 1.57 bits per heavy atom. The van der Waals surface area contributed by atoms with Crippen LogP contribution < -0.4 is 0 Å². The van der Waals surface area contributed by atoms with E-state index in [0.29, 0.717) is 0 Å². The Morgan fingerprint density at radius 2 is 1.14 bits per heavy atom. The van der Waals surface area contributed by atoms with Crippen molar-refractivity contribution in [3.63, 3.8) is 0 Å². The Kier molecular flexibility index (Phi) is 19.0. The summed E-state index contributed by atoms with van der Waals surface area (Å²) in [6.07, 6.45) is 21.9. The van der Waals surface area contributed by atoms with Crippen LogP contribution in [0.15, 0.2) is 30.8 Å². The lowest BCUT2D eigenvalue weighted by Crippen LogP contribution is -2.19. The van der Waals surface area contributed by atoms with Crippen LogP contribution in [0.1, 0.15) is 108 Å². The van der Waals surface area contributed by atoms with Crippen LogP contribution in [0.25, 0.3) is 6.08 Å². The number of halogens is 1. The minimum Gasteiger partial charge on any atom is -0.302 e. The fraction of sp³-hybridized carbons (Fsp3) is 0.692. The van der Waals surface area contributed by atoms with E-state index >= 15 is 0 Å². The summed E-state index contributed by atoms with van der Waals surface area (Å²) in [4.78, 5) is 2.45. The Hall–Kier alpha value is -0.790. The van der Waals surface area contributed by atoms with Crippen molar-refractivity contribution < 1.29 is 0 Å². The van der Waals surface area contributed by atoms with Gasteiger partial charge in [-0.15, -0.1) is 12.4 Å². The molecule has 0 spiro atoms. The van der Waals surface area contributed by atoms with Crippen LogP contribution >= 0.6 is 12.4 Å². The van der Waals surface area contributed by atoms with Gasteiger partial charge in [0, 0.05) is 6.54 Å². The minimum absolute atomic E-state index is 0. The van der Waals surface area contributed by atoms with Crippen molar-refractivity contribution in [2.24, 2.45) is 0 Å². The van der Waals surface area contributed by atoms with Crippen LogP contribution in [0.4, 0.5) is 0 Å². The predicted molar refractivity (Wildman–Crippen MR) is 130 cm³/mol. The monoisotopic (exact) mass is 407 g/mol. The smallest absolute Gasteiger partial charge is 0.0230 e. The second-order valence-corrected chi connectivity index (χ2v) is 8.28. The number of benzene rings is 1. The zero-order chi connectivity index (χ0) is 19.6. The average molecular weight is 408 g/mol. The van der Waals surface area contributed by atoms with Crippen molar-refractivity contribution in [3.8, 4) is 0 Å². The zero-order valence-corrected chi connectivity index (χ0v) is 19.6. The van der Waals surface area contributed by atoms with Crippen LogP contribution in [0.5, 0.6) is 0 Å². The highest BCUT2D eigenvalue weighted by molar-refractivity contribution is 5.85. The Morgan fingerprint density at radius 1 is 0.714 bits per heavy atom. The normalized spacial score (nSPS) is 10.8. The van der Waals surface area contributed by atoms with Gasteiger partial charge < -0.3 is 4.90 Å². The van der Waals surface area contributed by atoms with E-state index in [-0.39, 0.29) is 12.4 Å². The summed E-state index contributed by atoms with van der Waals surface area (Å²) in [5.74, 6) is 0. The molecule has 0 heterocycles. The Bertz CT molecular complexity index is 454. The van der Waals surface area contributed by atoms with Gasteiger partial charge in [-0.05, 0) is 31.1 Å². The van der Waals surface area contributed by atoms with E-state index in [0.717, 1.165) is 6.54 Å². The molecular weight excluding hydrogens is 362 g/mol. The molecule has 0 amide bonds. The third kappa shape index (κ3) is 15.2. The second-order valence-electron chi connectivity index (χ2n) is 8.28. The van der Waals surface area contributed by atoms with Gasteiger partial charge in [0.1, 0.15) is 0 Å². The first-order chi connectivity index (χ1) is 13.3. The number of hydrogen-bond donors (Lipinski definition) is 0. The summed E-state index contributed by atoms with van der Waals surface area (Å²) < 4.78 is 0. The molecular formula is C26H46ClN. The molecule has 0 fully saturated rings. The van der Waals surface area contributed by atoms with E-state index in [1.807, 2.05) is 6.08 Å². The van der Waals surface area contributed by atoms with Crippen LogP contribution in [0.2, 0.25) is 0 Å². The summed E-state index contributed by atoms with van der Waals surface area (Å²) in [5, 5.41) is 0. The van der Waals surface area contributed by atoms with Gasteiger partial charge in [-0.3, -0.25) is 0 Å². The van der Waals surface area contributed by atoms with Gasteiger partial charge >= 0.3 is 0 Å². The molecule has 0 saturated carbocycles. The quantitative estimate of drug-likeness (QED) is 0.220. The summed E-state index contributed by atoms with van der Waals surface area (Å²) in [7, 11) is 2.24. The molecule has 1 rings (SSSR count). The first kappa shape index (κ1) is 27.2. The van der Waals surface area contributed by atoms with Crippen LogP contribution in [-0.2, 0) is 6.54 Å². The Labute approximate surface area is 182 Å². The van der Waals surface area contributed by atoms with E-state index in [1.165, 1.54) is 108 Å². The highest BCUT2D eigenvalue weighted by Crippen LogP contribution is 2.13. The van der Waals surface area contributed by atoms with Crippen LogP contribution in [0, 0.1) is 0 Å². The van der Waals surface area contributed by atoms with Gasteiger partial charge in [0.05, 0.1) is 0 Å². The number of unbranched alkanes of at least 4 members (excludes halogenated alkanes) is 13.